The van der Waals surface area contributed by atoms with Crippen LogP contribution < -0.4 is 5.32 Å². The zero-order chi connectivity index (χ0) is 14.4. The summed E-state index contributed by atoms with van der Waals surface area (Å²) in [5.74, 6) is 0. The number of nitrogens with one attached hydrogen (secondary N) is 1. The Morgan fingerprint density at radius 1 is 1.30 bits per heavy atom. The molecule has 1 aromatic carbocycles. The van der Waals surface area contributed by atoms with Crippen molar-refractivity contribution in [1.29, 1.82) is 0 Å². The first-order valence-electron chi connectivity index (χ1n) is 7.43. The molecule has 1 aromatic heterocycles. The highest BCUT2D eigenvalue weighted by Crippen LogP contribution is 2.26. The van der Waals surface area contributed by atoms with Gasteiger partial charge in [0.1, 0.15) is 0 Å². The molecular weight excluding hydrogens is 244 g/mol. The van der Waals surface area contributed by atoms with Crippen LogP contribution in [0.25, 0.3) is 10.9 Å². The molecule has 0 saturated carbocycles. The molecule has 1 N–H and O–H groups in total. The zero-order valence-corrected chi connectivity index (χ0v) is 12.5. The molecule has 2 heteroatoms. The van der Waals surface area contributed by atoms with Gasteiger partial charge in [0.25, 0.3) is 0 Å². The Hall–Kier alpha value is -1.67. The fourth-order valence-corrected chi connectivity index (χ4v) is 2.49. The SMILES string of the molecule is C=C(C)CCC(NCCC)c1cccc2cccnc12. The van der Waals surface area contributed by atoms with Crippen molar-refractivity contribution < 1.29 is 0 Å². The molecule has 0 amide bonds. The first-order valence-corrected chi connectivity index (χ1v) is 7.43. The van der Waals surface area contributed by atoms with Gasteiger partial charge < -0.3 is 5.32 Å². The van der Waals surface area contributed by atoms with Gasteiger partial charge in [-0.05, 0) is 44.4 Å². The first-order chi connectivity index (χ1) is 9.72. The molecule has 0 bridgehead atoms. The van der Waals surface area contributed by atoms with Gasteiger partial charge in [-0.3, -0.25) is 4.98 Å². The Balaban J connectivity index is 2.31. The predicted octanol–water partition coefficient (Wildman–Crippen LogP) is 4.63. The largest absolute Gasteiger partial charge is 0.310 e. The number of pyridine rings is 1. The van der Waals surface area contributed by atoms with Gasteiger partial charge in [-0.1, -0.05) is 36.8 Å². The van der Waals surface area contributed by atoms with E-state index in [0.29, 0.717) is 6.04 Å². The highest BCUT2D eigenvalue weighted by atomic mass is 14.9. The number of hydrogen-bond acceptors (Lipinski definition) is 2. The monoisotopic (exact) mass is 268 g/mol. The van der Waals surface area contributed by atoms with E-state index in [-0.39, 0.29) is 0 Å². The van der Waals surface area contributed by atoms with Gasteiger partial charge >= 0.3 is 0 Å². The van der Waals surface area contributed by atoms with E-state index < -0.39 is 0 Å². The summed E-state index contributed by atoms with van der Waals surface area (Å²) >= 11 is 0. The molecule has 1 unspecified atom stereocenters. The third kappa shape index (κ3) is 3.67. The molecule has 0 fully saturated rings. The molecule has 2 nitrogen and oxygen atoms in total. The molecule has 0 spiro atoms. The van der Waals surface area contributed by atoms with Crippen LogP contribution in [0.2, 0.25) is 0 Å². The fourth-order valence-electron chi connectivity index (χ4n) is 2.49. The molecule has 20 heavy (non-hydrogen) atoms. The average molecular weight is 268 g/mol. The number of benzene rings is 1. The molecule has 0 aliphatic carbocycles. The predicted molar refractivity (Wildman–Crippen MR) is 86.8 cm³/mol. The Kier molecular flexibility index (Phi) is 5.31. The molecule has 1 heterocycles. The van der Waals surface area contributed by atoms with Crippen LogP contribution in [0.5, 0.6) is 0 Å². The summed E-state index contributed by atoms with van der Waals surface area (Å²) in [6.07, 6.45) is 5.14. The molecule has 0 saturated heterocycles. The van der Waals surface area contributed by atoms with Crippen LogP contribution in [0.4, 0.5) is 0 Å². The molecule has 1 atom stereocenters. The number of para-hydroxylation sites is 1. The van der Waals surface area contributed by atoms with E-state index in [1.807, 2.05) is 12.3 Å². The van der Waals surface area contributed by atoms with Crippen molar-refractivity contribution in [3.05, 3.63) is 54.2 Å². The molecule has 2 rings (SSSR count). The van der Waals surface area contributed by atoms with Gasteiger partial charge in [0.05, 0.1) is 5.52 Å². The Morgan fingerprint density at radius 2 is 2.10 bits per heavy atom. The molecular formula is C18H24N2. The summed E-state index contributed by atoms with van der Waals surface area (Å²) in [6.45, 7) is 9.35. The lowest BCUT2D eigenvalue weighted by atomic mass is 9.97. The van der Waals surface area contributed by atoms with Crippen molar-refractivity contribution in [2.75, 3.05) is 6.54 Å². The number of fused-ring (bicyclic) bond motifs is 1. The van der Waals surface area contributed by atoms with Crippen LogP contribution in [0.3, 0.4) is 0 Å². The van der Waals surface area contributed by atoms with Gasteiger partial charge in [0.2, 0.25) is 0 Å². The lowest BCUT2D eigenvalue weighted by molar-refractivity contribution is 0.501. The van der Waals surface area contributed by atoms with Crippen molar-refractivity contribution in [2.24, 2.45) is 0 Å². The Bertz CT molecular complexity index is 569. The topological polar surface area (TPSA) is 24.9 Å². The first kappa shape index (κ1) is 14.7. The third-order valence-corrected chi connectivity index (χ3v) is 3.54. The highest BCUT2D eigenvalue weighted by molar-refractivity contribution is 5.82. The van der Waals surface area contributed by atoms with Crippen molar-refractivity contribution in [1.82, 2.24) is 10.3 Å². The van der Waals surface area contributed by atoms with Gasteiger partial charge in [0.15, 0.2) is 0 Å². The number of nitrogens with zero attached hydrogens (tertiary/aromatic N) is 1. The maximum atomic E-state index is 4.57. The molecule has 0 radical (unpaired) electrons. The van der Waals surface area contributed by atoms with Crippen LogP contribution in [0, 0.1) is 0 Å². The summed E-state index contributed by atoms with van der Waals surface area (Å²) in [6, 6.07) is 10.9. The number of hydrogen-bond donors (Lipinski definition) is 1. The van der Waals surface area contributed by atoms with E-state index in [9.17, 15) is 0 Å². The van der Waals surface area contributed by atoms with Crippen LogP contribution in [-0.2, 0) is 0 Å². The van der Waals surface area contributed by atoms with E-state index in [0.717, 1.165) is 31.3 Å². The van der Waals surface area contributed by atoms with Crippen molar-refractivity contribution in [3.8, 4) is 0 Å². The minimum atomic E-state index is 0.352. The maximum absolute atomic E-state index is 4.57. The molecule has 2 aromatic rings. The average Bonchev–Trinajstić information content (AvgIpc) is 2.47. The van der Waals surface area contributed by atoms with Crippen molar-refractivity contribution in [3.63, 3.8) is 0 Å². The second-order valence-corrected chi connectivity index (χ2v) is 5.42. The van der Waals surface area contributed by atoms with Gasteiger partial charge in [-0.25, -0.2) is 0 Å². The van der Waals surface area contributed by atoms with E-state index >= 15 is 0 Å². The zero-order valence-electron chi connectivity index (χ0n) is 12.5. The van der Waals surface area contributed by atoms with Crippen LogP contribution in [0.1, 0.15) is 44.7 Å². The quantitative estimate of drug-likeness (QED) is 0.740. The smallest absolute Gasteiger partial charge is 0.0749 e. The maximum Gasteiger partial charge on any atom is 0.0749 e. The van der Waals surface area contributed by atoms with Gasteiger partial charge in [0, 0.05) is 17.6 Å². The normalized spacial score (nSPS) is 12.5. The van der Waals surface area contributed by atoms with E-state index in [1.54, 1.807) is 0 Å². The standard InChI is InChI=1S/C18H24N2/c1-4-12-19-17(11-10-14(2)3)16-9-5-7-15-8-6-13-20-18(15)16/h5-9,13,17,19H,2,4,10-12H2,1,3H3. The van der Waals surface area contributed by atoms with E-state index in [4.69, 9.17) is 0 Å². The van der Waals surface area contributed by atoms with Crippen molar-refractivity contribution in [2.45, 2.75) is 39.2 Å². The van der Waals surface area contributed by atoms with E-state index in [1.165, 1.54) is 16.5 Å². The summed E-state index contributed by atoms with van der Waals surface area (Å²) < 4.78 is 0. The summed E-state index contributed by atoms with van der Waals surface area (Å²) in [7, 11) is 0. The van der Waals surface area contributed by atoms with Crippen LogP contribution in [-0.4, -0.2) is 11.5 Å². The van der Waals surface area contributed by atoms with Gasteiger partial charge in [-0.2, -0.15) is 0 Å². The minimum absolute atomic E-state index is 0.352. The fraction of sp³-hybridized carbons (Fsp3) is 0.389. The molecule has 0 aliphatic heterocycles. The Labute approximate surface area is 121 Å². The van der Waals surface area contributed by atoms with Gasteiger partial charge in [-0.15, -0.1) is 6.58 Å². The molecule has 0 aliphatic rings. The number of aromatic nitrogens is 1. The second kappa shape index (κ2) is 7.20. The summed E-state index contributed by atoms with van der Waals surface area (Å²) in [5, 5.41) is 4.86. The van der Waals surface area contributed by atoms with E-state index in [2.05, 4.69) is 55.0 Å². The number of rotatable bonds is 7. The van der Waals surface area contributed by atoms with Crippen molar-refractivity contribution >= 4 is 10.9 Å². The Morgan fingerprint density at radius 3 is 2.85 bits per heavy atom. The molecule has 106 valence electrons. The van der Waals surface area contributed by atoms with Crippen LogP contribution >= 0.6 is 0 Å². The third-order valence-electron chi connectivity index (χ3n) is 3.54. The summed E-state index contributed by atoms with van der Waals surface area (Å²) in [4.78, 5) is 4.57. The van der Waals surface area contributed by atoms with Crippen LogP contribution in [0.15, 0.2) is 48.7 Å². The summed E-state index contributed by atoms with van der Waals surface area (Å²) in [5.41, 5.74) is 3.66. The number of allylic oxidation sites excluding steroid dienone is 1. The highest BCUT2D eigenvalue weighted by Gasteiger charge is 2.14. The minimum Gasteiger partial charge on any atom is -0.310 e. The lowest BCUT2D eigenvalue weighted by Gasteiger charge is -2.20. The lowest BCUT2D eigenvalue weighted by Crippen LogP contribution is -2.22. The second-order valence-electron chi connectivity index (χ2n) is 5.42.